The molecule has 0 fully saturated rings. The fourth-order valence-electron chi connectivity index (χ4n) is 2.25. The summed E-state index contributed by atoms with van der Waals surface area (Å²) in [5.41, 5.74) is 2.54. The molecule has 0 bridgehead atoms. The van der Waals surface area contributed by atoms with Crippen LogP contribution in [-0.4, -0.2) is 12.6 Å². The highest BCUT2D eigenvalue weighted by Crippen LogP contribution is 2.26. The first kappa shape index (κ1) is 17.0. The molecule has 2 aromatic rings. The molecule has 120 valence electrons. The van der Waals surface area contributed by atoms with Crippen LogP contribution in [0, 0.1) is 0 Å². The van der Waals surface area contributed by atoms with E-state index in [0.29, 0.717) is 25.2 Å². The van der Waals surface area contributed by atoms with Crippen molar-refractivity contribution < 1.29 is 14.3 Å². The van der Waals surface area contributed by atoms with Crippen molar-refractivity contribution in [2.75, 3.05) is 6.61 Å². The van der Waals surface area contributed by atoms with E-state index in [9.17, 15) is 4.79 Å². The maximum Gasteiger partial charge on any atom is 0.333 e. The molecule has 0 unspecified atom stereocenters. The van der Waals surface area contributed by atoms with E-state index in [2.05, 4.69) is 6.58 Å². The molecule has 3 heteroatoms. The summed E-state index contributed by atoms with van der Waals surface area (Å²) in [4.78, 5) is 11.8. The zero-order chi connectivity index (χ0) is 16.5. The van der Waals surface area contributed by atoms with Crippen molar-refractivity contribution >= 4 is 5.97 Å². The van der Waals surface area contributed by atoms with E-state index in [4.69, 9.17) is 9.47 Å². The fourth-order valence-corrected chi connectivity index (χ4v) is 2.25. The molecule has 2 rings (SSSR count). The average molecular weight is 310 g/mol. The quantitative estimate of drug-likeness (QED) is 0.533. The highest BCUT2D eigenvalue weighted by atomic mass is 16.5. The zero-order valence-corrected chi connectivity index (χ0v) is 13.4. The van der Waals surface area contributed by atoms with Crippen LogP contribution >= 0.6 is 0 Å². The number of carbonyl (C=O) groups excluding carboxylic acids is 1. The van der Waals surface area contributed by atoms with Gasteiger partial charge >= 0.3 is 5.97 Å². The number of esters is 1. The van der Waals surface area contributed by atoms with Gasteiger partial charge in [-0.2, -0.15) is 0 Å². The van der Waals surface area contributed by atoms with Crippen molar-refractivity contribution in [3.05, 3.63) is 83.9 Å². The second kappa shape index (κ2) is 8.91. The molecular formula is C20H22O3. The molecule has 1 atom stereocenters. The third-order valence-electron chi connectivity index (χ3n) is 3.46. The van der Waals surface area contributed by atoms with Gasteiger partial charge in [-0.3, -0.25) is 0 Å². The van der Waals surface area contributed by atoms with E-state index in [-0.39, 0.29) is 12.1 Å². The molecule has 0 radical (unpaired) electrons. The summed E-state index contributed by atoms with van der Waals surface area (Å²) >= 11 is 0. The first-order valence-electron chi connectivity index (χ1n) is 7.76. The minimum atomic E-state index is -0.364. The van der Waals surface area contributed by atoms with Crippen molar-refractivity contribution in [2.24, 2.45) is 0 Å². The Balaban J connectivity index is 2.06. The summed E-state index contributed by atoms with van der Waals surface area (Å²) in [6, 6.07) is 19.8. The molecule has 0 saturated carbocycles. The Morgan fingerprint density at radius 3 is 2.26 bits per heavy atom. The Morgan fingerprint density at radius 2 is 1.65 bits per heavy atom. The van der Waals surface area contributed by atoms with Crippen LogP contribution in [0.15, 0.2) is 72.8 Å². The Morgan fingerprint density at radius 1 is 1.04 bits per heavy atom. The van der Waals surface area contributed by atoms with Crippen molar-refractivity contribution in [3.8, 4) is 0 Å². The third kappa shape index (κ3) is 5.38. The highest BCUT2D eigenvalue weighted by molar-refractivity contribution is 5.87. The van der Waals surface area contributed by atoms with Gasteiger partial charge in [0.05, 0.1) is 19.3 Å². The largest absolute Gasteiger partial charge is 0.463 e. The lowest BCUT2D eigenvalue weighted by Gasteiger charge is -2.19. The van der Waals surface area contributed by atoms with Crippen LogP contribution < -0.4 is 0 Å². The van der Waals surface area contributed by atoms with Gasteiger partial charge in [-0.15, -0.1) is 0 Å². The average Bonchev–Trinajstić information content (AvgIpc) is 2.60. The van der Waals surface area contributed by atoms with Crippen molar-refractivity contribution in [2.45, 2.75) is 26.1 Å². The van der Waals surface area contributed by atoms with Crippen LogP contribution in [0.4, 0.5) is 0 Å². The lowest BCUT2D eigenvalue weighted by atomic mass is 10.0. The summed E-state index contributed by atoms with van der Waals surface area (Å²) in [6.07, 6.45) is 0.184. The Kier molecular flexibility index (Phi) is 6.57. The molecule has 23 heavy (non-hydrogen) atoms. The monoisotopic (exact) mass is 310 g/mol. The van der Waals surface area contributed by atoms with Crippen LogP contribution in [0.3, 0.4) is 0 Å². The molecule has 0 heterocycles. The van der Waals surface area contributed by atoms with Gasteiger partial charge in [-0.05, 0) is 18.1 Å². The molecule has 2 aromatic carbocycles. The Hall–Kier alpha value is -2.39. The van der Waals surface area contributed by atoms with Crippen molar-refractivity contribution in [1.82, 2.24) is 0 Å². The maximum atomic E-state index is 11.8. The second-order valence-electron chi connectivity index (χ2n) is 5.22. The summed E-state index contributed by atoms with van der Waals surface area (Å²) in [5, 5.41) is 0. The zero-order valence-electron chi connectivity index (χ0n) is 13.4. The van der Waals surface area contributed by atoms with E-state index in [1.807, 2.05) is 60.7 Å². The minimum Gasteiger partial charge on any atom is -0.463 e. The van der Waals surface area contributed by atoms with Crippen LogP contribution in [0.1, 0.15) is 30.6 Å². The smallest absolute Gasteiger partial charge is 0.333 e. The molecule has 0 aromatic heterocycles. The molecule has 0 amide bonds. The number of benzene rings is 2. The lowest BCUT2D eigenvalue weighted by molar-refractivity contribution is -0.139. The summed E-state index contributed by atoms with van der Waals surface area (Å²) in [7, 11) is 0. The highest BCUT2D eigenvalue weighted by Gasteiger charge is 2.18. The predicted octanol–water partition coefficient (Wildman–Crippen LogP) is 4.45. The first-order chi connectivity index (χ1) is 11.2. The third-order valence-corrected chi connectivity index (χ3v) is 3.46. The van der Waals surface area contributed by atoms with Crippen LogP contribution in [0.25, 0.3) is 0 Å². The lowest BCUT2D eigenvalue weighted by Crippen LogP contribution is -2.12. The van der Waals surface area contributed by atoms with E-state index < -0.39 is 0 Å². The van der Waals surface area contributed by atoms with Crippen molar-refractivity contribution in [1.29, 1.82) is 0 Å². The summed E-state index contributed by atoms with van der Waals surface area (Å²) in [5.74, 6) is -0.364. The van der Waals surface area contributed by atoms with Gasteiger partial charge in [-0.25, -0.2) is 4.79 Å². The molecule has 0 spiro atoms. The van der Waals surface area contributed by atoms with E-state index >= 15 is 0 Å². The topological polar surface area (TPSA) is 35.5 Å². The number of hydrogen-bond donors (Lipinski definition) is 0. The molecule has 0 aliphatic heterocycles. The molecule has 0 aliphatic carbocycles. The van der Waals surface area contributed by atoms with Crippen LogP contribution in [0.5, 0.6) is 0 Å². The fraction of sp³-hybridized carbons (Fsp3) is 0.250. The van der Waals surface area contributed by atoms with E-state index in [1.165, 1.54) is 0 Å². The second-order valence-corrected chi connectivity index (χ2v) is 5.22. The van der Waals surface area contributed by atoms with Gasteiger partial charge in [0.2, 0.25) is 0 Å². The van der Waals surface area contributed by atoms with Gasteiger partial charge in [0.15, 0.2) is 0 Å². The van der Waals surface area contributed by atoms with Gasteiger partial charge < -0.3 is 9.47 Å². The number of hydrogen-bond acceptors (Lipinski definition) is 3. The van der Waals surface area contributed by atoms with E-state index in [1.54, 1.807) is 6.92 Å². The molecule has 3 nitrogen and oxygen atoms in total. The van der Waals surface area contributed by atoms with Gasteiger partial charge in [-0.1, -0.05) is 67.2 Å². The van der Waals surface area contributed by atoms with Gasteiger partial charge in [0.25, 0.3) is 0 Å². The molecular weight excluding hydrogens is 288 g/mol. The van der Waals surface area contributed by atoms with Crippen LogP contribution in [0.2, 0.25) is 0 Å². The number of carbonyl (C=O) groups is 1. The van der Waals surface area contributed by atoms with Gasteiger partial charge in [0.1, 0.15) is 0 Å². The molecule has 0 N–H and O–H groups in total. The Labute approximate surface area is 137 Å². The SMILES string of the molecule is C=C(C[C@@H](OCc1ccccc1)c1ccccc1)C(=O)OCC. The summed E-state index contributed by atoms with van der Waals surface area (Å²) < 4.78 is 11.1. The van der Waals surface area contributed by atoms with Crippen molar-refractivity contribution in [3.63, 3.8) is 0 Å². The first-order valence-corrected chi connectivity index (χ1v) is 7.76. The molecule has 0 aliphatic rings. The normalized spacial score (nSPS) is 11.7. The number of ether oxygens (including phenoxy) is 2. The maximum absolute atomic E-state index is 11.8. The summed E-state index contributed by atoms with van der Waals surface area (Å²) in [6.45, 7) is 6.45. The van der Waals surface area contributed by atoms with E-state index in [0.717, 1.165) is 11.1 Å². The Bertz CT molecular complexity index is 620. The standard InChI is InChI=1S/C20H22O3/c1-3-22-20(21)16(2)14-19(18-12-8-5-9-13-18)23-15-17-10-6-4-7-11-17/h4-13,19H,2-3,14-15H2,1H3/t19-/m1/s1. The van der Waals surface area contributed by atoms with Crippen LogP contribution in [-0.2, 0) is 20.9 Å². The molecule has 0 saturated heterocycles. The predicted molar refractivity (Wildman–Crippen MR) is 90.8 cm³/mol. The van der Waals surface area contributed by atoms with Gasteiger partial charge in [0, 0.05) is 12.0 Å². The minimum absolute atomic E-state index is 0.228. The number of rotatable bonds is 8.